The number of carbonyl (C=O) groups is 2. The average Bonchev–Trinajstić information content (AvgIpc) is 3.13. The van der Waals surface area contributed by atoms with Crippen LogP contribution in [0.4, 0.5) is 5.69 Å². The maximum atomic E-state index is 12.6. The second-order valence-electron chi connectivity index (χ2n) is 6.00. The second-order valence-corrected chi connectivity index (χ2v) is 6.00. The standard InChI is InChI=1S/C19H27N5O3/c1-4-13(10-11-20-3)22-19(26)17-15(12-21-24-17)23-18(25)14-8-6-7-9-16(14)27-5-2/h6-9,12-13,20H,4-5,10-11H2,1-3H3,(H,21,24)(H,22,26)(H,23,25). The smallest absolute Gasteiger partial charge is 0.274 e. The van der Waals surface area contributed by atoms with Crippen LogP contribution in [0.1, 0.15) is 47.5 Å². The van der Waals surface area contributed by atoms with Crippen LogP contribution in [0.15, 0.2) is 30.5 Å². The topological polar surface area (TPSA) is 108 Å². The highest BCUT2D eigenvalue weighted by Gasteiger charge is 2.20. The maximum absolute atomic E-state index is 12.6. The number of rotatable bonds is 10. The highest BCUT2D eigenvalue weighted by atomic mass is 16.5. The Kier molecular flexibility index (Phi) is 7.81. The molecule has 0 radical (unpaired) electrons. The molecule has 8 nitrogen and oxygen atoms in total. The summed E-state index contributed by atoms with van der Waals surface area (Å²) >= 11 is 0. The molecule has 1 unspecified atom stereocenters. The molecule has 4 N–H and O–H groups in total. The zero-order valence-electron chi connectivity index (χ0n) is 16.0. The van der Waals surface area contributed by atoms with E-state index in [1.165, 1.54) is 6.20 Å². The van der Waals surface area contributed by atoms with Crippen molar-refractivity contribution < 1.29 is 14.3 Å². The summed E-state index contributed by atoms with van der Waals surface area (Å²) in [4.78, 5) is 25.2. The number of hydrogen-bond donors (Lipinski definition) is 4. The first kappa shape index (κ1) is 20.4. The summed E-state index contributed by atoms with van der Waals surface area (Å²) in [6.07, 6.45) is 3.11. The molecule has 1 heterocycles. The van der Waals surface area contributed by atoms with Crippen LogP contribution >= 0.6 is 0 Å². The highest BCUT2D eigenvalue weighted by Crippen LogP contribution is 2.20. The predicted molar refractivity (Wildman–Crippen MR) is 104 cm³/mol. The van der Waals surface area contributed by atoms with Crippen LogP contribution in [0, 0.1) is 0 Å². The van der Waals surface area contributed by atoms with Gasteiger partial charge in [0.25, 0.3) is 11.8 Å². The maximum Gasteiger partial charge on any atom is 0.274 e. The molecule has 0 bridgehead atoms. The predicted octanol–water partition coefficient (Wildman–Crippen LogP) is 2.18. The van der Waals surface area contributed by atoms with Gasteiger partial charge in [-0.15, -0.1) is 0 Å². The number of amides is 2. The molecule has 0 saturated heterocycles. The number of nitrogens with zero attached hydrogens (tertiary/aromatic N) is 1. The molecular formula is C19H27N5O3. The number of ether oxygens (including phenoxy) is 1. The Balaban J connectivity index is 2.10. The number of carbonyl (C=O) groups excluding carboxylic acids is 2. The van der Waals surface area contributed by atoms with E-state index in [0.29, 0.717) is 23.6 Å². The summed E-state index contributed by atoms with van der Waals surface area (Å²) in [5.41, 5.74) is 0.875. The Labute approximate surface area is 159 Å². The van der Waals surface area contributed by atoms with Crippen LogP contribution in [0.2, 0.25) is 0 Å². The molecular weight excluding hydrogens is 346 g/mol. The van der Waals surface area contributed by atoms with Crippen molar-refractivity contribution in [2.75, 3.05) is 25.5 Å². The van der Waals surface area contributed by atoms with E-state index in [4.69, 9.17) is 4.74 Å². The number of aromatic nitrogens is 2. The minimum atomic E-state index is -0.364. The van der Waals surface area contributed by atoms with E-state index in [0.717, 1.165) is 19.4 Å². The van der Waals surface area contributed by atoms with Crippen molar-refractivity contribution in [1.29, 1.82) is 0 Å². The SMILES string of the molecule is CCOc1ccccc1C(=O)Nc1c[nH]nc1C(=O)NC(CC)CCNC. The fourth-order valence-corrected chi connectivity index (χ4v) is 2.63. The third-order valence-electron chi connectivity index (χ3n) is 4.11. The van der Waals surface area contributed by atoms with Gasteiger partial charge in [-0.2, -0.15) is 5.10 Å². The lowest BCUT2D eigenvalue weighted by molar-refractivity contribution is 0.0930. The van der Waals surface area contributed by atoms with Crippen molar-refractivity contribution in [3.63, 3.8) is 0 Å². The molecule has 0 aliphatic carbocycles. The van der Waals surface area contributed by atoms with Crippen molar-refractivity contribution in [2.45, 2.75) is 32.7 Å². The van der Waals surface area contributed by atoms with E-state index < -0.39 is 0 Å². The molecule has 0 aliphatic rings. The third-order valence-corrected chi connectivity index (χ3v) is 4.11. The van der Waals surface area contributed by atoms with Crippen LogP contribution in [0.5, 0.6) is 5.75 Å². The van der Waals surface area contributed by atoms with Gasteiger partial charge >= 0.3 is 0 Å². The first-order chi connectivity index (χ1) is 13.1. The summed E-state index contributed by atoms with van der Waals surface area (Å²) in [7, 11) is 1.87. The van der Waals surface area contributed by atoms with Crippen molar-refractivity contribution in [2.24, 2.45) is 0 Å². The zero-order valence-corrected chi connectivity index (χ0v) is 16.0. The Hall–Kier alpha value is -2.87. The largest absolute Gasteiger partial charge is 0.493 e. The van der Waals surface area contributed by atoms with Gasteiger partial charge in [0, 0.05) is 12.2 Å². The van der Waals surface area contributed by atoms with Gasteiger partial charge in [0.2, 0.25) is 0 Å². The van der Waals surface area contributed by atoms with Crippen molar-refractivity contribution in [1.82, 2.24) is 20.8 Å². The molecule has 27 heavy (non-hydrogen) atoms. The third kappa shape index (κ3) is 5.55. The van der Waals surface area contributed by atoms with Crippen LogP contribution in [0.3, 0.4) is 0 Å². The molecule has 8 heteroatoms. The average molecular weight is 373 g/mol. The molecule has 146 valence electrons. The lowest BCUT2D eigenvalue weighted by atomic mass is 10.1. The van der Waals surface area contributed by atoms with E-state index in [2.05, 4.69) is 26.1 Å². The van der Waals surface area contributed by atoms with E-state index in [-0.39, 0.29) is 23.6 Å². The number of nitrogens with one attached hydrogen (secondary N) is 4. The minimum absolute atomic E-state index is 0.0314. The van der Waals surface area contributed by atoms with Gasteiger partial charge in [-0.05, 0) is 45.5 Å². The molecule has 1 aromatic carbocycles. The Bertz CT molecular complexity index is 759. The van der Waals surface area contributed by atoms with Gasteiger partial charge in [-0.25, -0.2) is 0 Å². The molecule has 0 saturated carbocycles. The fraction of sp³-hybridized carbons (Fsp3) is 0.421. The van der Waals surface area contributed by atoms with E-state index >= 15 is 0 Å². The first-order valence-corrected chi connectivity index (χ1v) is 9.13. The molecule has 1 aromatic heterocycles. The van der Waals surface area contributed by atoms with Crippen LogP contribution in [-0.2, 0) is 0 Å². The van der Waals surface area contributed by atoms with Gasteiger partial charge in [-0.3, -0.25) is 14.7 Å². The van der Waals surface area contributed by atoms with Crippen LogP contribution in [0.25, 0.3) is 0 Å². The zero-order chi connectivity index (χ0) is 19.6. The monoisotopic (exact) mass is 373 g/mol. The lowest BCUT2D eigenvalue weighted by Crippen LogP contribution is -2.36. The summed E-state index contributed by atoms with van der Waals surface area (Å²) in [6, 6.07) is 6.99. The normalized spacial score (nSPS) is 11.7. The number of hydrogen-bond acceptors (Lipinski definition) is 5. The van der Waals surface area contributed by atoms with E-state index in [1.807, 2.05) is 20.9 Å². The van der Waals surface area contributed by atoms with Gasteiger partial charge in [0.05, 0.1) is 17.9 Å². The molecule has 1 atom stereocenters. The van der Waals surface area contributed by atoms with E-state index in [9.17, 15) is 9.59 Å². The quantitative estimate of drug-likeness (QED) is 0.510. The molecule has 2 rings (SSSR count). The Morgan fingerprint density at radius 1 is 1.22 bits per heavy atom. The second kappa shape index (κ2) is 10.3. The summed E-state index contributed by atoms with van der Waals surface area (Å²) in [5, 5.41) is 15.4. The molecule has 2 aromatic rings. The van der Waals surface area contributed by atoms with Gasteiger partial charge in [-0.1, -0.05) is 19.1 Å². The number of H-pyrrole nitrogens is 1. The lowest BCUT2D eigenvalue weighted by Gasteiger charge is -2.16. The summed E-state index contributed by atoms with van der Waals surface area (Å²) in [5.74, 6) is -0.200. The first-order valence-electron chi connectivity index (χ1n) is 9.13. The Morgan fingerprint density at radius 3 is 2.70 bits per heavy atom. The molecule has 0 spiro atoms. The molecule has 0 fully saturated rings. The minimum Gasteiger partial charge on any atom is -0.493 e. The van der Waals surface area contributed by atoms with Crippen molar-refractivity contribution in [3.05, 3.63) is 41.7 Å². The van der Waals surface area contributed by atoms with Crippen LogP contribution < -0.4 is 20.7 Å². The highest BCUT2D eigenvalue weighted by molar-refractivity contribution is 6.09. The fourth-order valence-electron chi connectivity index (χ4n) is 2.63. The Morgan fingerprint density at radius 2 is 2.00 bits per heavy atom. The number of aromatic amines is 1. The van der Waals surface area contributed by atoms with Gasteiger partial charge < -0.3 is 20.7 Å². The summed E-state index contributed by atoms with van der Waals surface area (Å²) < 4.78 is 5.49. The number of para-hydroxylation sites is 1. The van der Waals surface area contributed by atoms with Crippen molar-refractivity contribution in [3.8, 4) is 5.75 Å². The van der Waals surface area contributed by atoms with Gasteiger partial charge in [0.1, 0.15) is 5.75 Å². The number of benzene rings is 1. The molecule has 2 amide bonds. The molecule has 0 aliphatic heterocycles. The number of anilines is 1. The van der Waals surface area contributed by atoms with Crippen molar-refractivity contribution >= 4 is 17.5 Å². The summed E-state index contributed by atoms with van der Waals surface area (Å²) in [6.45, 7) is 5.12. The van der Waals surface area contributed by atoms with Gasteiger partial charge in [0.15, 0.2) is 5.69 Å². The van der Waals surface area contributed by atoms with Crippen LogP contribution in [-0.4, -0.2) is 48.3 Å². The van der Waals surface area contributed by atoms with E-state index in [1.54, 1.807) is 24.3 Å².